The minimum atomic E-state index is -0.629. The lowest BCUT2D eigenvalue weighted by molar-refractivity contribution is -0.119. The van der Waals surface area contributed by atoms with Gasteiger partial charge in [-0.15, -0.1) is 0 Å². The summed E-state index contributed by atoms with van der Waals surface area (Å²) in [4.78, 5) is 45.7. The van der Waals surface area contributed by atoms with Crippen LogP contribution < -0.4 is 0 Å². The van der Waals surface area contributed by atoms with Crippen LogP contribution in [0.25, 0.3) is 0 Å². The lowest BCUT2D eigenvalue weighted by Gasteiger charge is -2.05. The van der Waals surface area contributed by atoms with E-state index >= 15 is 0 Å². The molecule has 0 heterocycles. The van der Waals surface area contributed by atoms with Gasteiger partial charge in [0.1, 0.15) is 0 Å². The van der Waals surface area contributed by atoms with Gasteiger partial charge in [-0.1, -0.05) is 24.3 Å². The summed E-state index contributed by atoms with van der Waals surface area (Å²) < 4.78 is 0. The molecule has 0 saturated heterocycles. The molecule has 80 valence electrons. The van der Waals surface area contributed by atoms with Crippen LogP contribution in [0.4, 0.5) is 0 Å². The first-order chi connectivity index (χ1) is 7.59. The highest BCUT2D eigenvalue weighted by Gasteiger charge is 2.23. The van der Waals surface area contributed by atoms with Crippen LogP contribution in [0.5, 0.6) is 0 Å². The third kappa shape index (κ3) is 1.69. The molecule has 0 radical (unpaired) electrons. The molecule has 0 aliphatic heterocycles. The fourth-order valence-electron chi connectivity index (χ4n) is 1.55. The summed E-state index contributed by atoms with van der Waals surface area (Å²) in [5.74, 6) is -2.46. The number of rotatable bonds is 0. The van der Waals surface area contributed by atoms with Gasteiger partial charge in [-0.3, -0.25) is 19.2 Å². The number of hydrogen-bond donors (Lipinski definition) is 0. The number of carbonyl (C=O) groups is 4. The Morgan fingerprint density at radius 1 is 0.625 bits per heavy atom. The Morgan fingerprint density at radius 3 is 1.25 bits per heavy atom. The Bertz CT molecular complexity index is 449. The molecule has 16 heavy (non-hydrogen) atoms. The number of fused-ring (bicyclic) bond motifs is 7. The number of carbonyl (C=O) groups excluding carboxylic acids is 4. The van der Waals surface area contributed by atoms with Gasteiger partial charge in [0.2, 0.25) is 23.1 Å². The van der Waals surface area contributed by atoms with Gasteiger partial charge in [0.25, 0.3) is 0 Å². The number of benzene rings is 1. The van der Waals surface area contributed by atoms with Crippen LogP contribution in [-0.2, 0) is 9.59 Å². The van der Waals surface area contributed by atoms with Gasteiger partial charge in [-0.05, 0) is 0 Å². The highest BCUT2D eigenvalue weighted by Crippen LogP contribution is 2.12. The third-order valence-corrected chi connectivity index (χ3v) is 2.49. The van der Waals surface area contributed by atoms with Crippen molar-refractivity contribution in [2.45, 2.75) is 12.8 Å². The van der Waals surface area contributed by atoms with Crippen molar-refractivity contribution in [3.05, 3.63) is 35.4 Å². The van der Waals surface area contributed by atoms with E-state index in [1.807, 2.05) is 0 Å². The highest BCUT2D eigenvalue weighted by atomic mass is 16.2. The largest absolute Gasteiger partial charge is 0.290 e. The maximum atomic E-state index is 11.5. The van der Waals surface area contributed by atoms with Gasteiger partial charge in [0, 0.05) is 24.0 Å². The van der Waals surface area contributed by atoms with E-state index in [2.05, 4.69) is 0 Å². The van der Waals surface area contributed by atoms with E-state index in [-0.39, 0.29) is 24.0 Å². The first-order valence-electron chi connectivity index (χ1n) is 4.84. The third-order valence-electron chi connectivity index (χ3n) is 2.49. The lowest BCUT2D eigenvalue weighted by Crippen LogP contribution is -2.21. The number of ketones is 4. The van der Waals surface area contributed by atoms with Crippen LogP contribution in [0.3, 0.4) is 0 Å². The van der Waals surface area contributed by atoms with Gasteiger partial charge in [0.05, 0.1) is 0 Å². The standard InChI is InChI=1S/C12H8O4/c13-9-5-6-10(14)12(16)8-2-1-7(3-4-8)11(9)15/h1-4H,5-6H2. The minimum Gasteiger partial charge on any atom is -0.290 e. The van der Waals surface area contributed by atoms with Gasteiger partial charge < -0.3 is 0 Å². The quantitative estimate of drug-likeness (QED) is 0.606. The van der Waals surface area contributed by atoms with Gasteiger partial charge >= 0.3 is 0 Å². The SMILES string of the molecule is O=C1CCC(=O)C(=O)c2ccc(cc2)C1=O. The molecule has 1 aromatic carbocycles. The Labute approximate surface area is 91.3 Å². The summed E-state index contributed by atoms with van der Waals surface area (Å²) in [6.45, 7) is 0. The summed E-state index contributed by atoms with van der Waals surface area (Å²) in [6, 6.07) is 5.58. The molecular formula is C12H8O4. The number of Topliss-reactive ketones (excluding diaryl/α,β-unsaturated/α-hetero) is 4. The van der Waals surface area contributed by atoms with Crippen LogP contribution in [-0.4, -0.2) is 23.1 Å². The molecule has 1 aromatic rings. The van der Waals surface area contributed by atoms with Crippen molar-refractivity contribution in [1.82, 2.24) is 0 Å². The minimum absolute atomic E-state index is 0.193. The van der Waals surface area contributed by atoms with E-state index in [9.17, 15) is 19.2 Å². The second-order valence-corrected chi connectivity index (χ2v) is 3.58. The van der Waals surface area contributed by atoms with E-state index in [0.717, 1.165) is 0 Å². The van der Waals surface area contributed by atoms with Crippen LogP contribution in [0.1, 0.15) is 33.6 Å². The Balaban J connectivity index is 2.53. The molecule has 0 atom stereocenters. The first kappa shape index (κ1) is 10.4. The van der Waals surface area contributed by atoms with E-state index in [0.29, 0.717) is 0 Å². The van der Waals surface area contributed by atoms with Crippen LogP contribution in [0.2, 0.25) is 0 Å². The molecule has 2 bridgehead atoms. The van der Waals surface area contributed by atoms with Crippen molar-refractivity contribution in [3.63, 3.8) is 0 Å². The molecule has 0 N–H and O–H groups in total. The van der Waals surface area contributed by atoms with E-state index in [1.54, 1.807) is 0 Å². The summed E-state index contributed by atoms with van der Waals surface area (Å²) in [7, 11) is 0. The second-order valence-electron chi connectivity index (χ2n) is 3.58. The normalized spacial score (nSPS) is 16.8. The molecule has 2 aliphatic rings. The van der Waals surface area contributed by atoms with E-state index in [1.165, 1.54) is 24.3 Å². The molecule has 3 rings (SSSR count). The molecule has 0 fully saturated rings. The zero-order valence-corrected chi connectivity index (χ0v) is 8.36. The van der Waals surface area contributed by atoms with Crippen molar-refractivity contribution < 1.29 is 19.2 Å². The van der Waals surface area contributed by atoms with E-state index in [4.69, 9.17) is 0 Å². The molecule has 2 aliphatic carbocycles. The summed E-state index contributed by atoms with van der Waals surface area (Å²) >= 11 is 0. The molecular weight excluding hydrogens is 208 g/mol. The van der Waals surface area contributed by atoms with Crippen LogP contribution in [0, 0.1) is 0 Å². The lowest BCUT2D eigenvalue weighted by atomic mass is 9.95. The maximum absolute atomic E-state index is 11.5. The smallest absolute Gasteiger partial charge is 0.228 e. The van der Waals surface area contributed by atoms with Crippen LogP contribution in [0.15, 0.2) is 24.3 Å². The van der Waals surface area contributed by atoms with Crippen LogP contribution >= 0.6 is 0 Å². The molecule has 0 unspecified atom stereocenters. The Hall–Kier alpha value is -2.10. The van der Waals surface area contributed by atoms with E-state index < -0.39 is 23.1 Å². The molecule has 4 heteroatoms. The van der Waals surface area contributed by atoms with Crippen molar-refractivity contribution in [3.8, 4) is 0 Å². The van der Waals surface area contributed by atoms with Crippen molar-refractivity contribution in [2.75, 3.05) is 0 Å². The predicted molar refractivity (Wildman–Crippen MR) is 54.4 cm³/mol. The molecule has 0 amide bonds. The zero-order chi connectivity index (χ0) is 11.7. The highest BCUT2D eigenvalue weighted by molar-refractivity contribution is 6.47. The zero-order valence-electron chi connectivity index (χ0n) is 8.36. The predicted octanol–water partition coefficient (Wildman–Crippen LogP) is 0.984. The fraction of sp³-hybridized carbons (Fsp3) is 0.167. The van der Waals surface area contributed by atoms with Gasteiger partial charge in [0.15, 0.2) is 0 Å². The number of hydrogen-bond acceptors (Lipinski definition) is 4. The molecule has 0 aromatic heterocycles. The van der Waals surface area contributed by atoms with Crippen molar-refractivity contribution in [1.29, 1.82) is 0 Å². The summed E-state index contributed by atoms with van der Waals surface area (Å²) in [5.41, 5.74) is 0.520. The monoisotopic (exact) mass is 216 g/mol. The molecule has 4 nitrogen and oxygen atoms in total. The van der Waals surface area contributed by atoms with Gasteiger partial charge in [-0.2, -0.15) is 0 Å². The Morgan fingerprint density at radius 2 is 0.938 bits per heavy atom. The fourth-order valence-corrected chi connectivity index (χ4v) is 1.55. The van der Waals surface area contributed by atoms with Crippen molar-refractivity contribution >= 4 is 23.1 Å². The summed E-state index contributed by atoms with van der Waals surface area (Å²) in [5, 5.41) is 0. The molecule has 0 spiro atoms. The summed E-state index contributed by atoms with van der Waals surface area (Å²) in [6.07, 6.45) is -0.385. The maximum Gasteiger partial charge on any atom is 0.228 e. The second kappa shape index (κ2) is 3.81. The molecule has 0 saturated carbocycles. The topological polar surface area (TPSA) is 68.3 Å². The Kier molecular flexibility index (Phi) is 2.48. The van der Waals surface area contributed by atoms with Gasteiger partial charge in [-0.25, -0.2) is 0 Å². The van der Waals surface area contributed by atoms with Crippen molar-refractivity contribution in [2.24, 2.45) is 0 Å². The first-order valence-corrected chi connectivity index (χ1v) is 4.84. The average Bonchev–Trinajstić information content (AvgIpc) is 2.33. The average molecular weight is 216 g/mol.